The second-order valence-electron chi connectivity index (χ2n) is 10.3. The van der Waals surface area contributed by atoms with Gasteiger partial charge in [0, 0.05) is 0 Å². The van der Waals surface area contributed by atoms with Gasteiger partial charge in [0.1, 0.15) is 29.9 Å². The Bertz CT molecular complexity index is 1280. The van der Waals surface area contributed by atoms with Gasteiger partial charge in [-0.1, -0.05) is 128 Å². The molecule has 5 nitrogen and oxygen atoms in total. The molecule has 0 aliphatic carbocycles. The predicted molar refractivity (Wildman–Crippen MR) is 168 cm³/mol. The van der Waals surface area contributed by atoms with E-state index in [2.05, 4.69) is 55.5 Å². The molecule has 0 unspecified atom stereocenters. The monoisotopic (exact) mass is 584 g/mol. The second kappa shape index (κ2) is 16.6. The summed E-state index contributed by atoms with van der Waals surface area (Å²) in [6, 6.07) is 40.9. The van der Waals surface area contributed by atoms with Crippen molar-refractivity contribution in [2.45, 2.75) is 63.2 Å². The first-order valence-corrected chi connectivity index (χ1v) is 15.7. The van der Waals surface area contributed by atoms with Gasteiger partial charge in [0.25, 0.3) is 0 Å². The summed E-state index contributed by atoms with van der Waals surface area (Å²) in [6.45, 7) is 4.37. The Balaban J connectivity index is 1.40. The molecule has 5 rings (SSSR count). The number of rotatable bonds is 15. The molecule has 1 aliphatic rings. The topological polar surface area (TPSA) is 46.2 Å². The van der Waals surface area contributed by atoms with Crippen molar-refractivity contribution < 1.29 is 23.7 Å². The molecule has 42 heavy (non-hydrogen) atoms. The van der Waals surface area contributed by atoms with Crippen LogP contribution in [0.25, 0.3) is 0 Å². The maximum Gasteiger partial charge on any atom is 0.132 e. The summed E-state index contributed by atoms with van der Waals surface area (Å²) in [6.07, 6.45) is -1.45. The first-order valence-electron chi connectivity index (χ1n) is 14.7. The summed E-state index contributed by atoms with van der Waals surface area (Å²) in [7, 11) is 0. The number of ether oxygens (including phenoxy) is 5. The standard InChI is InChI=1S/C36H40O5S/c1-2-42-36-35(40-26-31-21-13-6-14-22-31)34(39-25-30-19-11-5-12-20-30)33(38-24-29-17-9-4-10-18-29)32(41-36)27-37-23-28-15-7-3-8-16-28/h3-22,32-36H,2,23-27H2,1H3/t32-,33-,34+,35+,36-/m1/s1. The number of benzene rings is 4. The Morgan fingerprint density at radius 1 is 0.524 bits per heavy atom. The van der Waals surface area contributed by atoms with Gasteiger partial charge in [0.05, 0.1) is 33.0 Å². The van der Waals surface area contributed by atoms with Crippen LogP contribution in [0.15, 0.2) is 121 Å². The fourth-order valence-electron chi connectivity index (χ4n) is 5.05. The summed E-state index contributed by atoms with van der Waals surface area (Å²) in [5.41, 5.74) is 4.19. The van der Waals surface area contributed by atoms with Crippen LogP contribution in [0.3, 0.4) is 0 Å². The van der Waals surface area contributed by atoms with Crippen LogP contribution >= 0.6 is 11.8 Å². The third-order valence-corrected chi connectivity index (χ3v) is 8.21. The molecule has 4 aromatic carbocycles. The maximum absolute atomic E-state index is 6.76. The smallest absolute Gasteiger partial charge is 0.132 e. The molecule has 1 saturated heterocycles. The van der Waals surface area contributed by atoms with Crippen LogP contribution in [0.2, 0.25) is 0 Å². The molecular formula is C36H40O5S. The van der Waals surface area contributed by atoms with Crippen molar-refractivity contribution in [3.63, 3.8) is 0 Å². The highest BCUT2D eigenvalue weighted by molar-refractivity contribution is 7.99. The van der Waals surface area contributed by atoms with Crippen LogP contribution in [0.5, 0.6) is 0 Å². The first kappa shape index (κ1) is 30.5. The molecule has 5 atom stereocenters. The second-order valence-corrected chi connectivity index (χ2v) is 11.7. The molecule has 6 heteroatoms. The Kier molecular flexibility index (Phi) is 12.1. The fraction of sp³-hybridized carbons (Fsp3) is 0.333. The molecule has 0 amide bonds. The summed E-state index contributed by atoms with van der Waals surface area (Å²) >= 11 is 1.73. The van der Waals surface area contributed by atoms with Crippen LogP contribution in [0.4, 0.5) is 0 Å². The molecule has 4 aromatic rings. The average molecular weight is 585 g/mol. The summed E-state index contributed by atoms with van der Waals surface area (Å²) < 4.78 is 33.1. The van der Waals surface area contributed by atoms with Gasteiger partial charge in [-0.05, 0) is 28.0 Å². The lowest BCUT2D eigenvalue weighted by atomic mass is 9.98. The van der Waals surface area contributed by atoms with E-state index in [1.165, 1.54) is 0 Å². The van der Waals surface area contributed by atoms with E-state index in [4.69, 9.17) is 23.7 Å². The highest BCUT2D eigenvalue weighted by Crippen LogP contribution is 2.35. The minimum absolute atomic E-state index is 0.235. The van der Waals surface area contributed by atoms with Gasteiger partial charge >= 0.3 is 0 Å². The van der Waals surface area contributed by atoms with Crippen molar-refractivity contribution in [2.24, 2.45) is 0 Å². The number of hydrogen-bond acceptors (Lipinski definition) is 6. The van der Waals surface area contributed by atoms with E-state index in [1.54, 1.807) is 11.8 Å². The van der Waals surface area contributed by atoms with Crippen molar-refractivity contribution in [1.29, 1.82) is 0 Å². The normalized spacial score (nSPS) is 22.2. The van der Waals surface area contributed by atoms with Crippen molar-refractivity contribution in [3.05, 3.63) is 144 Å². The van der Waals surface area contributed by atoms with Gasteiger partial charge in [0.2, 0.25) is 0 Å². The van der Waals surface area contributed by atoms with E-state index >= 15 is 0 Å². The zero-order valence-electron chi connectivity index (χ0n) is 24.1. The highest BCUT2D eigenvalue weighted by Gasteiger charge is 2.48. The van der Waals surface area contributed by atoms with E-state index < -0.39 is 6.10 Å². The molecule has 0 N–H and O–H groups in total. The molecule has 0 radical (unpaired) electrons. The van der Waals surface area contributed by atoms with Crippen molar-refractivity contribution in [3.8, 4) is 0 Å². The zero-order valence-corrected chi connectivity index (χ0v) is 24.9. The van der Waals surface area contributed by atoms with Crippen LogP contribution in [0, 0.1) is 0 Å². The SMILES string of the molecule is CCS[C@H]1O[C@H](COCc2ccccc2)[C@@H](OCc2ccccc2)[C@H](OCc2ccccc2)[C@@H]1OCc1ccccc1. The van der Waals surface area contributed by atoms with Gasteiger partial charge in [-0.3, -0.25) is 0 Å². The largest absolute Gasteiger partial charge is 0.374 e. The number of thioether (sulfide) groups is 1. The fourth-order valence-corrected chi connectivity index (χ4v) is 6.02. The van der Waals surface area contributed by atoms with Gasteiger partial charge in [0.15, 0.2) is 0 Å². The summed E-state index contributed by atoms with van der Waals surface area (Å²) in [5.74, 6) is 0.883. The lowest BCUT2D eigenvalue weighted by molar-refractivity contribution is -0.254. The van der Waals surface area contributed by atoms with Crippen LogP contribution in [0.1, 0.15) is 29.2 Å². The van der Waals surface area contributed by atoms with Crippen molar-refractivity contribution >= 4 is 11.8 Å². The van der Waals surface area contributed by atoms with Gasteiger partial charge in [-0.15, -0.1) is 11.8 Å². The minimum Gasteiger partial charge on any atom is -0.374 e. The molecule has 220 valence electrons. The lowest BCUT2D eigenvalue weighted by Crippen LogP contribution is -2.60. The molecule has 1 aliphatic heterocycles. The third-order valence-electron chi connectivity index (χ3n) is 7.17. The van der Waals surface area contributed by atoms with Crippen molar-refractivity contribution in [2.75, 3.05) is 12.4 Å². The summed E-state index contributed by atoms with van der Waals surface area (Å²) in [4.78, 5) is 0. The quantitative estimate of drug-likeness (QED) is 0.145. The van der Waals surface area contributed by atoms with E-state index in [-0.39, 0.29) is 23.7 Å². The highest BCUT2D eigenvalue weighted by atomic mass is 32.2. The Morgan fingerprint density at radius 3 is 1.38 bits per heavy atom. The molecular weight excluding hydrogens is 544 g/mol. The first-order chi connectivity index (χ1) is 20.8. The lowest BCUT2D eigenvalue weighted by Gasteiger charge is -2.46. The van der Waals surface area contributed by atoms with Crippen LogP contribution in [-0.4, -0.2) is 42.2 Å². The minimum atomic E-state index is -0.404. The Labute approximate surface area is 254 Å². The van der Waals surface area contributed by atoms with E-state index in [0.717, 1.165) is 28.0 Å². The molecule has 0 bridgehead atoms. The predicted octanol–water partition coefficient (Wildman–Crippen LogP) is 7.44. The van der Waals surface area contributed by atoms with E-state index in [9.17, 15) is 0 Å². The van der Waals surface area contributed by atoms with Crippen LogP contribution < -0.4 is 0 Å². The third kappa shape index (κ3) is 9.01. The summed E-state index contributed by atoms with van der Waals surface area (Å²) in [5, 5.41) is 0. The van der Waals surface area contributed by atoms with Gasteiger partial charge in [-0.2, -0.15) is 0 Å². The van der Waals surface area contributed by atoms with Crippen molar-refractivity contribution in [1.82, 2.24) is 0 Å². The molecule has 0 spiro atoms. The molecule has 1 heterocycles. The molecule has 1 fully saturated rings. The zero-order chi connectivity index (χ0) is 28.8. The maximum atomic E-state index is 6.76. The average Bonchev–Trinajstić information content (AvgIpc) is 3.05. The van der Waals surface area contributed by atoms with E-state index in [1.807, 2.05) is 72.8 Å². The number of hydrogen-bond donors (Lipinski definition) is 0. The van der Waals surface area contributed by atoms with Gasteiger partial charge < -0.3 is 23.7 Å². The molecule has 0 aromatic heterocycles. The molecule has 0 saturated carbocycles. The Morgan fingerprint density at radius 2 is 0.929 bits per heavy atom. The van der Waals surface area contributed by atoms with E-state index in [0.29, 0.717) is 33.0 Å². The Hall–Kier alpha value is -2.97. The van der Waals surface area contributed by atoms with Crippen LogP contribution in [-0.2, 0) is 50.1 Å². The van der Waals surface area contributed by atoms with Gasteiger partial charge in [-0.25, -0.2) is 0 Å².